The molecular weight excluding hydrogens is 346 g/mol. The summed E-state index contributed by atoms with van der Waals surface area (Å²) in [4.78, 5) is 0. The first-order chi connectivity index (χ1) is 8.22. The first-order valence-corrected chi connectivity index (χ1v) is 7.23. The van der Waals surface area contributed by atoms with Gasteiger partial charge in [-0.1, -0.05) is 37.9 Å². The second-order valence-electron chi connectivity index (χ2n) is 4.05. The highest BCUT2D eigenvalue weighted by Crippen LogP contribution is 2.33. The number of nitrogens with one attached hydrogen (secondary N) is 1. The molecule has 0 radical (unpaired) electrons. The summed E-state index contributed by atoms with van der Waals surface area (Å²) < 4.78 is 7.61. The minimum atomic E-state index is 0.220. The molecule has 0 aromatic heterocycles. The lowest BCUT2D eigenvalue weighted by atomic mass is 9.95. The summed E-state index contributed by atoms with van der Waals surface area (Å²) >= 11 is 7.09. The molecule has 1 N–H and O–H groups in total. The molecular formula is C13H15Br2NO. The molecule has 92 valence electrons. The van der Waals surface area contributed by atoms with Crippen LogP contribution < -0.4 is 5.32 Å². The number of halogens is 2. The van der Waals surface area contributed by atoms with Gasteiger partial charge in [-0.25, -0.2) is 0 Å². The summed E-state index contributed by atoms with van der Waals surface area (Å²) in [6, 6.07) is 6.49. The normalized spacial score (nSPS) is 17.2. The van der Waals surface area contributed by atoms with Gasteiger partial charge in [0.05, 0.1) is 18.9 Å². The van der Waals surface area contributed by atoms with E-state index in [9.17, 15) is 0 Å². The third-order valence-electron chi connectivity index (χ3n) is 2.90. The second kappa shape index (κ2) is 6.03. The zero-order valence-electron chi connectivity index (χ0n) is 9.67. The fourth-order valence-corrected chi connectivity index (χ4v) is 3.35. The van der Waals surface area contributed by atoms with Crippen LogP contribution >= 0.6 is 31.9 Å². The van der Waals surface area contributed by atoms with Crippen LogP contribution in [0, 0.1) is 0 Å². The number of benzene rings is 1. The highest BCUT2D eigenvalue weighted by Gasteiger charge is 2.19. The van der Waals surface area contributed by atoms with Crippen molar-refractivity contribution < 1.29 is 4.74 Å². The van der Waals surface area contributed by atoms with Gasteiger partial charge in [-0.2, -0.15) is 0 Å². The van der Waals surface area contributed by atoms with Gasteiger partial charge in [0.2, 0.25) is 0 Å². The molecule has 0 saturated carbocycles. The van der Waals surface area contributed by atoms with E-state index in [1.54, 1.807) is 0 Å². The third-order valence-corrected chi connectivity index (χ3v) is 4.08. The third kappa shape index (κ3) is 3.12. The molecule has 1 heterocycles. The van der Waals surface area contributed by atoms with Crippen molar-refractivity contribution in [1.29, 1.82) is 0 Å². The van der Waals surface area contributed by atoms with E-state index < -0.39 is 0 Å². The average Bonchev–Trinajstić information content (AvgIpc) is 2.34. The molecule has 0 aliphatic carbocycles. The number of ether oxygens (including phenoxy) is 1. The van der Waals surface area contributed by atoms with Crippen molar-refractivity contribution in [3.63, 3.8) is 0 Å². The molecule has 1 atom stereocenters. The smallest absolute Gasteiger partial charge is 0.0876 e. The maximum atomic E-state index is 5.42. The molecule has 2 rings (SSSR count). The van der Waals surface area contributed by atoms with Crippen LogP contribution in [0.3, 0.4) is 0 Å². The van der Waals surface area contributed by atoms with Crippen molar-refractivity contribution in [1.82, 2.24) is 5.32 Å². The summed E-state index contributed by atoms with van der Waals surface area (Å²) in [5.74, 6) is 0. The van der Waals surface area contributed by atoms with Crippen molar-refractivity contribution in [3.05, 3.63) is 44.5 Å². The molecule has 0 fully saturated rings. The molecule has 1 aromatic rings. The Morgan fingerprint density at radius 1 is 1.35 bits per heavy atom. The summed E-state index contributed by atoms with van der Waals surface area (Å²) in [5, 5.41) is 3.35. The molecule has 1 aliphatic heterocycles. The van der Waals surface area contributed by atoms with Crippen LogP contribution in [0.2, 0.25) is 0 Å². The van der Waals surface area contributed by atoms with Crippen molar-refractivity contribution >= 4 is 31.9 Å². The van der Waals surface area contributed by atoms with Crippen LogP contribution in [0.15, 0.2) is 39.0 Å². The fourth-order valence-electron chi connectivity index (χ4n) is 2.07. The highest BCUT2D eigenvalue weighted by molar-refractivity contribution is 9.11. The standard InChI is InChI=1S/C13H15Br2NO/c1-16-13(9-3-2-6-17-8-9)11-5-4-10(14)7-12(11)15/h4-5,7-8,13,16H,2-3,6H2,1H3. The van der Waals surface area contributed by atoms with Gasteiger partial charge < -0.3 is 10.1 Å². The molecule has 0 spiro atoms. The number of hydrogen-bond donors (Lipinski definition) is 1. The zero-order chi connectivity index (χ0) is 12.3. The Hall–Kier alpha value is -0.320. The van der Waals surface area contributed by atoms with Gasteiger partial charge in [0, 0.05) is 8.95 Å². The molecule has 17 heavy (non-hydrogen) atoms. The monoisotopic (exact) mass is 359 g/mol. The van der Waals surface area contributed by atoms with Gasteiger partial charge in [0.1, 0.15) is 0 Å². The summed E-state index contributed by atoms with van der Waals surface area (Å²) in [6.45, 7) is 0.835. The Labute approximate surface area is 119 Å². The molecule has 0 bridgehead atoms. The minimum absolute atomic E-state index is 0.220. The highest BCUT2D eigenvalue weighted by atomic mass is 79.9. The van der Waals surface area contributed by atoms with E-state index in [4.69, 9.17) is 4.74 Å². The van der Waals surface area contributed by atoms with Crippen LogP contribution in [-0.2, 0) is 4.74 Å². The minimum Gasteiger partial charge on any atom is -0.501 e. The molecule has 4 heteroatoms. The Morgan fingerprint density at radius 3 is 2.76 bits per heavy atom. The quantitative estimate of drug-likeness (QED) is 0.873. The fraction of sp³-hybridized carbons (Fsp3) is 0.385. The Bertz CT molecular complexity index is 431. The lowest BCUT2D eigenvalue weighted by Gasteiger charge is -2.24. The van der Waals surface area contributed by atoms with Gasteiger partial charge in [-0.15, -0.1) is 0 Å². The van der Waals surface area contributed by atoms with Crippen LogP contribution in [0.1, 0.15) is 24.4 Å². The van der Waals surface area contributed by atoms with Gasteiger partial charge in [0.15, 0.2) is 0 Å². The van der Waals surface area contributed by atoms with E-state index in [2.05, 4.69) is 55.4 Å². The number of hydrogen-bond acceptors (Lipinski definition) is 2. The van der Waals surface area contributed by atoms with E-state index in [-0.39, 0.29) is 6.04 Å². The van der Waals surface area contributed by atoms with E-state index in [0.717, 1.165) is 28.4 Å². The van der Waals surface area contributed by atoms with Crippen molar-refractivity contribution in [2.75, 3.05) is 13.7 Å². The molecule has 0 saturated heterocycles. The van der Waals surface area contributed by atoms with Crippen molar-refractivity contribution in [3.8, 4) is 0 Å². The van der Waals surface area contributed by atoms with Crippen LogP contribution in [0.4, 0.5) is 0 Å². The Balaban J connectivity index is 2.31. The number of rotatable bonds is 3. The maximum absolute atomic E-state index is 5.42. The van der Waals surface area contributed by atoms with Crippen molar-refractivity contribution in [2.24, 2.45) is 0 Å². The SMILES string of the molecule is CNC(C1=COCCC1)c1ccc(Br)cc1Br. The Kier molecular flexibility index (Phi) is 4.65. The molecule has 1 aliphatic rings. The first-order valence-electron chi connectivity index (χ1n) is 5.65. The first kappa shape index (κ1) is 13.1. The van der Waals surface area contributed by atoms with Gasteiger partial charge in [0.25, 0.3) is 0 Å². The van der Waals surface area contributed by atoms with Gasteiger partial charge in [-0.3, -0.25) is 0 Å². The van der Waals surface area contributed by atoms with E-state index >= 15 is 0 Å². The van der Waals surface area contributed by atoms with E-state index in [1.165, 1.54) is 11.1 Å². The second-order valence-corrected chi connectivity index (χ2v) is 5.82. The molecule has 0 amide bonds. The molecule has 2 nitrogen and oxygen atoms in total. The largest absolute Gasteiger partial charge is 0.501 e. The molecule has 1 unspecified atom stereocenters. The topological polar surface area (TPSA) is 21.3 Å². The van der Waals surface area contributed by atoms with E-state index in [1.807, 2.05) is 13.3 Å². The zero-order valence-corrected chi connectivity index (χ0v) is 12.8. The average molecular weight is 361 g/mol. The molecule has 1 aromatic carbocycles. The van der Waals surface area contributed by atoms with Crippen molar-refractivity contribution in [2.45, 2.75) is 18.9 Å². The summed E-state index contributed by atoms with van der Waals surface area (Å²) in [7, 11) is 1.98. The van der Waals surface area contributed by atoms with E-state index in [0.29, 0.717) is 0 Å². The lowest BCUT2D eigenvalue weighted by Crippen LogP contribution is -2.21. The van der Waals surface area contributed by atoms with Gasteiger partial charge >= 0.3 is 0 Å². The van der Waals surface area contributed by atoms with Crippen LogP contribution in [0.25, 0.3) is 0 Å². The van der Waals surface area contributed by atoms with Crippen LogP contribution in [0.5, 0.6) is 0 Å². The lowest BCUT2D eigenvalue weighted by molar-refractivity contribution is 0.220. The summed E-state index contributed by atoms with van der Waals surface area (Å²) in [5.41, 5.74) is 2.55. The summed E-state index contributed by atoms with van der Waals surface area (Å²) in [6.07, 6.45) is 4.09. The maximum Gasteiger partial charge on any atom is 0.0876 e. The number of likely N-dealkylation sites (N-methyl/N-ethyl adjacent to an activating group) is 1. The van der Waals surface area contributed by atoms with Gasteiger partial charge in [-0.05, 0) is 43.2 Å². The Morgan fingerprint density at radius 2 is 2.18 bits per heavy atom. The van der Waals surface area contributed by atoms with Crippen LogP contribution in [-0.4, -0.2) is 13.7 Å². The predicted octanol–water partition coefficient (Wildman–Crippen LogP) is 4.17. The predicted molar refractivity (Wildman–Crippen MR) is 76.9 cm³/mol.